The number of phenolic OH excluding ortho intramolecular Hbond substituents is 1. The van der Waals surface area contributed by atoms with Crippen LogP contribution in [0.1, 0.15) is 4.88 Å². The van der Waals surface area contributed by atoms with Crippen molar-refractivity contribution in [3.8, 4) is 5.75 Å². The Bertz CT molecular complexity index is 820. The first-order valence-electron chi connectivity index (χ1n) is 5.97. The van der Waals surface area contributed by atoms with E-state index >= 15 is 0 Å². The minimum absolute atomic E-state index is 0. The SMILES string of the molecule is CN(C)Cc1cc2c([nH]c(=O)c3cccc(O)c32)s1.O. The van der Waals surface area contributed by atoms with E-state index in [0.29, 0.717) is 10.8 Å². The molecule has 0 radical (unpaired) electrons. The van der Waals surface area contributed by atoms with Crippen LogP contribution in [0, 0.1) is 0 Å². The average molecular weight is 292 g/mol. The first-order valence-corrected chi connectivity index (χ1v) is 6.79. The summed E-state index contributed by atoms with van der Waals surface area (Å²) >= 11 is 1.55. The van der Waals surface area contributed by atoms with E-state index in [4.69, 9.17) is 0 Å². The highest BCUT2D eigenvalue weighted by Gasteiger charge is 2.12. The van der Waals surface area contributed by atoms with Crippen LogP contribution < -0.4 is 5.56 Å². The summed E-state index contributed by atoms with van der Waals surface area (Å²) in [6.07, 6.45) is 0. The van der Waals surface area contributed by atoms with Crippen molar-refractivity contribution in [1.82, 2.24) is 9.88 Å². The van der Waals surface area contributed by atoms with E-state index in [-0.39, 0.29) is 16.8 Å². The first kappa shape index (κ1) is 14.5. The van der Waals surface area contributed by atoms with Gasteiger partial charge in [0.25, 0.3) is 5.56 Å². The van der Waals surface area contributed by atoms with Gasteiger partial charge in [-0.15, -0.1) is 11.3 Å². The molecular weight excluding hydrogens is 276 g/mol. The second-order valence-corrected chi connectivity index (χ2v) is 5.98. The molecular formula is C14H16N2O3S. The summed E-state index contributed by atoms with van der Waals surface area (Å²) in [5.74, 6) is 0.155. The summed E-state index contributed by atoms with van der Waals surface area (Å²) in [6.45, 7) is 0.816. The Balaban J connectivity index is 0.00000147. The molecule has 20 heavy (non-hydrogen) atoms. The third-order valence-electron chi connectivity index (χ3n) is 3.04. The van der Waals surface area contributed by atoms with Gasteiger partial charge in [-0.1, -0.05) is 6.07 Å². The number of H-pyrrole nitrogens is 1. The summed E-state index contributed by atoms with van der Waals surface area (Å²) in [6, 6.07) is 7.07. The van der Waals surface area contributed by atoms with Crippen LogP contribution >= 0.6 is 11.3 Å². The lowest BCUT2D eigenvalue weighted by Gasteiger charge is -2.05. The van der Waals surface area contributed by atoms with Gasteiger partial charge in [-0.2, -0.15) is 0 Å². The summed E-state index contributed by atoms with van der Waals surface area (Å²) < 4.78 is 0. The molecule has 0 unspecified atom stereocenters. The number of aromatic hydroxyl groups is 1. The highest BCUT2D eigenvalue weighted by molar-refractivity contribution is 7.18. The van der Waals surface area contributed by atoms with Gasteiger partial charge < -0.3 is 20.5 Å². The van der Waals surface area contributed by atoms with Crippen molar-refractivity contribution in [2.75, 3.05) is 14.1 Å². The van der Waals surface area contributed by atoms with Gasteiger partial charge in [0.05, 0.1) is 5.39 Å². The van der Waals surface area contributed by atoms with Crippen molar-refractivity contribution in [3.05, 3.63) is 39.5 Å². The van der Waals surface area contributed by atoms with Crippen molar-refractivity contribution >= 4 is 32.3 Å². The molecule has 0 aliphatic rings. The molecule has 4 N–H and O–H groups in total. The molecule has 2 aromatic heterocycles. The zero-order valence-corrected chi connectivity index (χ0v) is 12.0. The Kier molecular flexibility index (Phi) is 3.80. The number of benzene rings is 1. The van der Waals surface area contributed by atoms with Crippen molar-refractivity contribution in [2.24, 2.45) is 0 Å². The Morgan fingerprint density at radius 2 is 2.05 bits per heavy atom. The van der Waals surface area contributed by atoms with E-state index < -0.39 is 0 Å². The molecule has 0 spiro atoms. The molecule has 1 aromatic carbocycles. The van der Waals surface area contributed by atoms with Gasteiger partial charge in [0.2, 0.25) is 0 Å². The zero-order valence-electron chi connectivity index (χ0n) is 11.2. The fraction of sp³-hybridized carbons (Fsp3) is 0.214. The largest absolute Gasteiger partial charge is 0.507 e. The molecule has 0 atom stereocenters. The fourth-order valence-corrected chi connectivity index (χ4v) is 3.47. The third kappa shape index (κ3) is 2.29. The number of aromatic amines is 1. The van der Waals surface area contributed by atoms with Crippen LogP contribution in [0.5, 0.6) is 5.75 Å². The maximum atomic E-state index is 12.0. The molecule has 3 rings (SSSR count). The van der Waals surface area contributed by atoms with Crippen molar-refractivity contribution in [1.29, 1.82) is 0 Å². The molecule has 0 saturated heterocycles. The Labute approximate surface area is 119 Å². The fourth-order valence-electron chi connectivity index (χ4n) is 2.29. The third-order valence-corrected chi connectivity index (χ3v) is 4.07. The quantitative estimate of drug-likeness (QED) is 0.753. The van der Waals surface area contributed by atoms with Crippen LogP contribution in [0.2, 0.25) is 0 Å². The number of hydrogen-bond donors (Lipinski definition) is 2. The summed E-state index contributed by atoms with van der Waals surface area (Å²) in [4.78, 5) is 18.9. The molecule has 6 heteroatoms. The zero-order chi connectivity index (χ0) is 13.6. The van der Waals surface area contributed by atoms with Crippen LogP contribution in [0.15, 0.2) is 29.1 Å². The second-order valence-electron chi connectivity index (χ2n) is 4.85. The molecule has 2 heterocycles. The molecule has 0 bridgehead atoms. The van der Waals surface area contributed by atoms with E-state index in [1.54, 1.807) is 29.5 Å². The number of nitrogens with one attached hydrogen (secondary N) is 1. The van der Waals surface area contributed by atoms with E-state index in [2.05, 4.69) is 9.88 Å². The normalized spacial score (nSPS) is 11.2. The highest BCUT2D eigenvalue weighted by atomic mass is 32.1. The van der Waals surface area contributed by atoms with Gasteiger partial charge in [0.1, 0.15) is 10.6 Å². The molecule has 0 aliphatic heterocycles. The number of hydrogen-bond acceptors (Lipinski definition) is 4. The summed E-state index contributed by atoms with van der Waals surface area (Å²) in [5.41, 5.74) is -0.156. The monoisotopic (exact) mass is 292 g/mol. The van der Waals surface area contributed by atoms with Crippen molar-refractivity contribution in [2.45, 2.75) is 6.54 Å². The minimum Gasteiger partial charge on any atom is -0.507 e. The standard InChI is InChI=1S/C14H14N2O2S.H2O/c1-16(2)7-8-6-10-12-9(4-3-5-11(12)17)13(18)15-14(10)19-8;/h3-6,17H,7H2,1-2H3,(H,15,18);1H2. The van der Waals surface area contributed by atoms with Crippen molar-refractivity contribution in [3.63, 3.8) is 0 Å². The summed E-state index contributed by atoms with van der Waals surface area (Å²) in [7, 11) is 4.01. The molecule has 5 nitrogen and oxygen atoms in total. The Hall–Kier alpha value is -1.89. The van der Waals surface area contributed by atoms with Gasteiger partial charge in [0, 0.05) is 22.2 Å². The van der Waals surface area contributed by atoms with Crippen LogP contribution in [0.4, 0.5) is 0 Å². The molecule has 0 aliphatic carbocycles. The number of nitrogens with zero attached hydrogens (tertiary/aromatic N) is 1. The number of thiophene rings is 1. The number of pyridine rings is 1. The van der Waals surface area contributed by atoms with Gasteiger partial charge in [-0.25, -0.2) is 0 Å². The lowest BCUT2D eigenvalue weighted by Crippen LogP contribution is -2.09. The topological polar surface area (TPSA) is 87.8 Å². The van der Waals surface area contributed by atoms with Gasteiger partial charge >= 0.3 is 0 Å². The Morgan fingerprint density at radius 1 is 1.30 bits per heavy atom. The predicted molar refractivity (Wildman–Crippen MR) is 82.6 cm³/mol. The van der Waals surface area contributed by atoms with E-state index in [1.165, 1.54) is 0 Å². The smallest absolute Gasteiger partial charge is 0.257 e. The van der Waals surface area contributed by atoms with Gasteiger partial charge in [0.15, 0.2) is 0 Å². The lowest BCUT2D eigenvalue weighted by atomic mass is 10.1. The number of aromatic nitrogens is 1. The summed E-state index contributed by atoms with van der Waals surface area (Å²) in [5, 5.41) is 12.1. The van der Waals surface area contributed by atoms with E-state index in [0.717, 1.165) is 21.6 Å². The van der Waals surface area contributed by atoms with Gasteiger partial charge in [-0.05, 0) is 32.3 Å². The van der Waals surface area contributed by atoms with Crippen LogP contribution in [0.25, 0.3) is 21.0 Å². The van der Waals surface area contributed by atoms with Gasteiger partial charge in [-0.3, -0.25) is 4.79 Å². The maximum absolute atomic E-state index is 12.0. The minimum atomic E-state index is -0.156. The van der Waals surface area contributed by atoms with Crippen molar-refractivity contribution < 1.29 is 10.6 Å². The second kappa shape index (κ2) is 5.24. The van der Waals surface area contributed by atoms with E-state index in [1.807, 2.05) is 20.2 Å². The van der Waals surface area contributed by atoms with E-state index in [9.17, 15) is 9.90 Å². The number of phenols is 1. The van der Waals surface area contributed by atoms with Crippen LogP contribution in [-0.2, 0) is 6.54 Å². The first-order chi connectivity index (χ1) is 9.06. The lowest BCUT2D eigenvalue weighted by molar-refractivity contribution is 0.406. The highest BCUT2D eigenvalue weighted by Crippen LogP contribution is 2.33. The molecule has 106 valence electrons. The number of fused-ring (bicyclic) bond motifs is 3. The molecule has 0 saturated carbocycles. The van der Waals surface area contributed by atoms with Crippen LogP contribution in [0.3, 0.4) is 0 Å². The molecule has 3 aromatic rings. The number of rotatable bonds is 2. The predicted octanol–water partition coefficient (Wildman–Crippen LogP) is 1.69. The maximum Gasteiger partial charge on any atom is 0.257 e. The van der Waals surface area contributed by atoms with Crippen LogP contribution in [-0.4, -0.2) is 34.6 Å². The average Bonchev–Trinajstić information content (AvgIpc) is 2.70. The molecule has 0 fully saturated rings. The molecule has 0 amide bonds. The Morgan fingerprint density at radius 3 is 2.75 bits per heavy atom.